The number of carboxylic acid groups (broad SMARTS) is 1. The average Bonchev–Trinajstić information content (AvgIpc) is 2.73. The van der Waals surface area contributed by atoms with Crippen LogP contribution in [0.3, 0.4) is 0 Å². The molecule has 2 amide bonds. The molecule has 8 heteroatoms. The molecule has 0 saturated carbocycles. The second-order valence-corrected chi connectivity index (χ2v) is 4.27. The summed E-state index contributed by atoms with van der Waals surface area (Å²) in [6.45, 7) is 3.45. The Balaban J connectivity index is 2.58. The van der Waals surface area contributed by atoms with Gasteiger partial charge in [-0.25, -0.2) is 4.79 Å². The van der Waals surface area contributed by atoms with Gasteiger partial charge >= 0.3 is 5.97 Å². The lowest BCUT2D eigenvalue weighted by Crippen LogP contribution is -2.50. The number of hydrogen-bond donors (Lipinski definition) is 3. The van der Waals surface area contributed by atoms with Crippen molar-refractivity contribution in [2.45, 2.75) is 32.4 Å². The van der Waals surface area contributed by atoms with Crippen LogP contribution in [0.25, 0.3) is 0 Å². The Morgan fingerprint density at radius 3 is 2.50 bits per heavy atom. The van der Waals surface area contributed by atoms with Gasteiger partial charge in [-0.05, 0) is 5.92 Å². The third-order valence-corrected chi connectivity index (χ3v) is 2.48. The normalized spacial score (nSPS) is 19.9. The van der Waals surface area contributed by atoms with Crippen LogP contribution in [-0.4, -0.2) is 40.7 Å². The smallest absolute Gasteiger partial charge is 0.353 e. The van der Waals surface area contributed by atoms with E-state index in [0.29, 0.717) is 0 Å². The minimum absolute atomic E-state index is 0.134. The van der Waals surface area contributed by atoms with Gasteiger partial charge in [0.05, 0.1) is 0 Å². The van der Waals surface area contributed by atoms with Crippen molar-refractivity contribution in [1.29, 1.82) is 0 Å². The fourth-order valence-corrected chi connectivity index (χ4v) is 1.46. The van der Waals surface area contributed by atoms with E-state index >= 15 is 0 Å². The summed E-state index contributed by atoms with van der Waals surface area (Å²) in [4.78, 5) is 38.1. The van der Waals surface area contributed by atoms with Gasteiger partial charge in [0.25, 0.3) is 5.91 Å². The number of carboxylic acids is 1. The molecule has 0 aromatic rings. The van der Waals surface area contributed by atoms with E-state index in [-0.39, 0.29) is 18.1 Å². The van der Waals surface area contributed by atoms with Gasteiger partial charge < -0.3 is 21.0 Å². The maximum atomic E-state index is 11.7. The second kappa shape index (κ2) is 5.48. The summed E-state index contributed by atoms with van der Waals surface area (Å²) < 4.78 is 0. The molecular formula is C10H15N3O5. The number of aliphatic carboxylic acids is 1. The minimum Gasteiger partial charge on any atom is -0.477 e. The van der Waals surface area contributed by atoms with Crippen LogP contribution in [0.4, 0.5) is 0 Å². The highest BCUT2D eigenvalue weighted by atomic mass is 16.6. The van der Waals surface area contributed by atoms with Gasteiger partial charge in [0, 0.05) is 6.42 Å². The molecule has 2 atom stereocenters. The molecule has 2 unspecified atom stereocenters. The van der Waals surface area contributed by atoms with E-state index in [9.17, 15) is 14.4 Å². The maximum absolute atomic E-state index is 11.7. The summed E-state index contributed by atoms with van der Waals surface area (Å²) >= 11 is 0. The number of nitrogens with two attached hydrogens (primary N) is 1. The molecule has 1 rings (SSSR count). The summed E-state index contributed by atoms with van der Waals surface area (Å²) in [5, 5.41) is 14.3. The monoisotopic (exact) mass is 257 g/mol. The molecule has 0 aromatic carbocycles. The molecule has 18 heavy (non-hydrogen) atoms. The largest absolute Gasteiger partial charge is 0.477 e. The Kier molecular flexibility index (Phi) is 4.24. The molecule has 8 nitrogen and oxygen atoms in total. The van der Waals surface area contributed by atoms with Crippen LogP contribution >= 0.6 is 0 Å². The highest BCUT2D eigenvalue weighted by molar-refractivity contribution is 6.36. The van der Waals surface area contributed by atoms with Crippen molar-refractivity contribution in [2.24, 2.45) is 16.8 Å². The summed E-state index contributed by atoms with van der Waals surface area (Å²) in [6.07, 6.45) is -1.17. The van der Waals surface area contributed by atoms with Crippen molar-refractivity contribution in [3.63, 3.8) is 0 Å². The molecule has 1 heterocycles. The zero-order valence-corrected chi connectivity index (χ0v) is 10.0. The number of carbonyl (C=O) groups excluding carboxylic acids is 2. The molecular weight excluding hydrogens is 242 g/mol. The summed E-state index contributed by atoms with van der Waals surface area (Å²) in [5.41, 5.74) is 4.92. The number of nitrogens with zero attached hydrogens (tertiary/aromatic N) is 1. The van der Waals surface area contributed by atoms with Crippen molar-refractivity contribution >= 4 is 23.5 Å². The lowest BCUT2D eigenvalue weighted by atomic mass is 10.0. The first kappa shape index (κ1) is 13.9. The fourth-order valence-electron chi connectivity index (χ4n) is 1.46. The molecule has 0 aliphatic carbocycles. The lowest BCUT2D eigenvalue weighted by Gasteiger charge is -2.20. The van der Waals surface area contributed by atoms with Crippen LogP contribution in [0.5, 0.6) is 0 Å². The predicted molar refractivity (Wildman–Crippen MR) is 60.5 cm³/mol. The molecule has 0 bridgehead atoms. The Labute approximate surface area is 103 Å². The highest BCUT2D eigenvalue weighted by Crippen LogP contribution is 2.12. The molecule has 100 valence electrons. The standard InChI is InChI=1S/C10H15N3O5/c1-4(2)7(8(11)14)12-9(15)6-3-5(10(16)17)13-18-6/h4,6-7H,3H2,1-2H3,(H2,11,14)(H,12,15)(H,16,17). The Bertz CT molecular complexity index is 404. The Morgan fingerprint density at radius 2 is 2.11 bits per heavy atom. The molecule has 1 aliphatic heterocycles. The zero-order chi connectivity index (χ0) is 13.9. The second-order valence-electron chi connectivity index (χ2n) is 4.27. The summed E-state index contributed by atoms with van der Waals surface area (Å²) in [6, 6.07) is -0.824. The van der Waals surface area contributed by atoms with Gasteiger partial charge in [-0.1, -0.05) is 19.0 Å². The Morgan fingerprint density at radius 1 is 1.50 bits per heavy atom. The first-order chi connectivity index (χ1) is 8.32. The number of carbonyl (C=O) groups is 3. The number of hydrogen-bond acceptors (Lipinski definition) is 5. The van der Waals surface area contributed by atoms with Gasteiger partial charge in [-0.2, -0.15) is 0 Å². The predicted octanol–water partition coefficient (Wildman–Crippen LogP) is -1.16. The van der Waals surface area contributed by atoms with E-state index in [4.69, 9.17) is 15.7 Å². The van der Waals surface area contributed by atoms with Gasteiger partial charge in [0.2, 0.25) is 12.0 Å². The first-order valence-electron chi connectivity index (χ1n) is 5.38. The van der Waals surface area contributed by atoms with Crippen LogP contribution in [0, 0.1) is 5.92 Å². The van der Waals surface area contributed by atoms with E-state index < -0.39 is 29.9 Å². The summed E-state index contributed by atoms with van der Waals surface area (Å²) in [5.74, 6) is -2.67. The van der Waals surface area contributed by atoms with Crippen molar-refractivity contribution in [3.05, 3.63) is 0 Å². The van der Waals surface area contributed by atoms with Gasteiger partial charge in [0.1, 0.15) is 6.04 Å². The molecule has 0 spiro atoms. The third kappa shape index (κ3) is 3.19. The Hall–Kier alpha value is -2.12. The average molecular weight is 257 g/mol. The number of primary amides is 1. The SMILES string of the molecule is CC(C)C(NC(=O)C1CC(C(=O)O)=NO1)C(N)=O. The molecule has 0 aromatic heterocycles. The van der Waals surface area contributed by atoms with Crippen molar-refractivity contribution < 1.29 is 24.3 Å². The molecule has 0 radical (unpaired) electrons. The van der Waals surface area contributed by atoms with Crippen LogP contribution in [0.1, 0.15) is 20.3 Å². The van der Waals surface area contributed by atoms with Crippen LogP contribution in [-0.2, 0) is 19.2 Å². The van der Waals surface area contributed by atoms with E-state index in [1.54, 1.807) is 13.8 Å². The molecule has 0 fully saturated rings. The number of rotatable bonds is 5. The quantitative estimate of drug-likeness (QED) is 0.571. The van der Waals surface area contributed by atoms with E-state index in [1.807, 2.05) is 0 Å². The van der Waals surface area contributed by atoms with Crippen molar-refractivity contribution in [3.8, 4) is 0 Å². The topological polar surface area (TPSA) is 131 Å². The number of amides is 2. The number of oxime groups is 1. The molecule has 4 N–H and O–H groups in total. The summed E-state index contributed by atoms with van der Waals surface area (Å²) in [7, 11) is 0. The fraction of sp³-hybridized carbons (Fsp3) is 0.600. The zero-order valence-electron chi connectivity index (χ0n) is 10.0. The first-order valence-corrected chi connectivity index (χ1v) is 5.38. The molecule has 1 aliphatic rings. The minimum atomic E-state index is -1.24. The molecule has 0 saturated heterocycles. The van der Waals surface area contributed by atoms with E-state index in [2.05, 4.69) is 10.5 Å². The van der Waals surface area contributed by atoms with Gasteiger partial charge in [0.15, 0.2) is 5.71 Å². The lowest BCUT2D eigenvalue weighted by molar-refractivity contribution is -0.135. The number of nitrogens with one attached hydrogen (secondary N) is 1. The maximum Gasteiger partial charge on any atom is 0.353 e. The van der Waals surface area contributed by atoms with E-state index in [0.717, 1.165) is 0 Å². The van der Waals surface area contributed by atoms with Crippen LogP contribution in [0.15, 0.2) is 5.16 Å². The van der Waals surface area contributed by atoms with E-state index in [1.165, 1.54) is 0 Å². The van der Waals surface area contributed by atoms with Gasteiger partial charge in [-0.3, -0.25) is 9.59 Å². The van der Waals surface area contributed by atoms with Crippen LogP contribution in [0.2, 0.25) is 0 Å². The van der Waals surface area contributed by atoms with Crippen molar-refractivity contribution in [1.82, 2.24) is 5.32 Å². The van der Waals surface area contributed by atoms with Gasteiger partial charge in [-0.15, -0.1) is 0 Å². The van der Waals surface area contributed by atoms with Crippen molar-refractivity contribution in [2.75, 3.05) is 0 Å². The van der Waals surface area contributed by atoms with Crippen LogP contribution < -0.4 is 11.1 Å². The highest BCUT2D eigenvalue weighted by Gasteiger charge is 2.34. The third-order valence-electron chi connectivity index (χ3n) is 2.48.